The molecule has 1 N–H and O–H groups in total. The molecular weight excluding hydrogens is 224 g/mol. The van der Waals surface area contributed by atoms with Crippen molar-refractivity contribution in [3.8, 4) is 0 Å². The van der Waals surface area contributed by atoms with E-state index in [0.29, 0.717) is 0 Å². The van der Waals surface area contributed by atoms with Crippen LogP contribution in [-0.4, -0.2) is 16.0 Å². The Morgan fingerprint density at radius 1 is 1.33 bits per heavy atom. The van der Waals surface area contributed by atoms with Crippen molar-refractivity contribution in [2.75, 3.05) is 0 Å². The molecule has 0 saturated carbocycles. The van der Waals surface area contributed by atoms with Crippen molar-refractivity contribution < 1.29 is 9.53 Å². The lowest BCUT2D eigenvalue weighted by Gasteiger charge is -2.27. The van der Waals surface area contributed by atoms with Gasteiger partial charge in [0.15, 0.2) is 0 Å². The zero-order valence-corrected chi connectivity index (χ0v) is 9.22. The molecule has 0 rings (SSSR count). The van der Waals surface area contributed by atoms with Gasteiger partial charge in [0.1, 0.15) is 0 Å². The summed E-state index contributed by atoms with van der Waals surface area (Å²) in [6.07, 6.45) is 0. The van der Waals surface area contributed by atoms with Crippen LogP contribution >= 0.6 is 35.0 Å². The number of alkyl halides is 2. The highest BCUT2D eigenvalue weighted by Crippen LogP contribution is 2.28. The van der Waals surface area contributed by atoms with Crippen molar-refractivity contribution >= 4 is 40.9 Å². The van der Waals surface area contributed by atoms with Gasteiger partial charge in [-0.3, -0.25) is 9.63 Å². The summed E-state index contributed by atoms with van der Waals surface area (Å²) in [4.78, 5) is 12.7. The van der Waals surface area contributed by atoms with E-state index in [4.69, 9.17) is 39.7 Å². The molecule has 0 aliphatic heterocycles. The summed E-state index contributed by atoms with van der Waals surface area (Å²) in [6, 6.07) is 0. The van der Waals surface area contributed by atoms with Crippen LogP contribution in [0.3, 0.4) is 0 Å². The van der Waals surface area contributed by atoms with Gasteiger partial charge in [-0.25, -0.2) is 0 Å². The average Bonchev–Trinajstić information content (AvgIpc) is 1.80. The minimum Gasteiger partial charge on any atom is -0.333 e. The van der Waals surface area contributed by atoms with E-state index in [9.17, 15) is 4.79 Å². The molecular formula is C6H10Cl3NO2. The molecule has 0 bridgehead atoms. The van der Waals surface area contributed by atoms with Crippen molar-refractivity contribution in [1.29, 1.82) is 0 Å². The number of halogens is 3. The molecule has 0 aromatic rings. The number of carbonyl (C=O) groups excluding carboxylic acids is 1. The minimum atomic E-state index is -1.94. The summed E-state index contributed by atoms with van der Waals surface area (Å²) in [5.74, 6) is -0.803. The molecule has 0 saturated heterocycles. The highest BCUT2D eigenvalue weighted by Gasteiger charge is 2.38. The summed E-state index contributed by atoms with van der Waals surface area (Å²) in [6.45, 7) is 5.15. The van der Waals surface area contributed by atoms with Crippen LogP contribution in [0.15, 0.2) is 0 Å². The van der Waals surface area contributed by atoms with Crippen LogP contribution < -0.4 is 4.84 Å². The molecule has 0 aromatic carbocycles. The summed E-state index contributed by atoms with van der Waals surface area (Å²) in [7, 11) is 0. The molecule has 1 amide bonds. The Hall–Kier alpha value is 0.300. The number of nitrogens with one attached hydrogen (secondary N) is 1. The maximum atomic E-state index is 10.9. The number of amides is 1. The van der Waals surface area contributed by atoms with Crippen LogP contribution in [0.4, 0.5) is 0 Å². The van der Waals surface area contributed by atoms with Gasteiger partial charge in [-0.15, -0.1) is 0 Å². The highest BCUT2D eigenvalue weighted by atomic mass is 35.5. The molecule has 12 heavy (non-hydrogen) atoms. The zero-order chi connectivity index (χ0) is 9.99. The van der Waals surface area contributed by atoms with Crippen LogP contribution in [0.5, 0.6) is 0 Å². The van der Waals surface area contributed by atoms with Crippen molar-refractivity contribution in [3.63, 3.8) is 0 Å². The molecule has 0 spiro atoms. The number of ether oxygens (including phenoxy) is 1. The Bertz CT molecular complexity index is 176. The highest BCUT2D eigenvalue weighted by molar-refractivity contribution is 6.57. The predicted octanol–water partition coefficient (Wildman–Crippen LogP) is 2.20. The van der Waals surface area contributed by atoms with E-state index in [1.54, 1.807) is 25.6 Å². The lowest BCUT2D eigenvalue weighted by molar-refractivity contribution is -0.137. The minimum absolute atomic E-state index is 0.618. The van der Waals surface area contributed by atoms with E-state index in [0.717, 1.165) is 0 Å². The lowest BCUT2D eigenvalue weighted by Crippen LogP contribution is -2.41. The van der Waals surface area contributed by atoms with Gasteiger partial charge in [-0.05, 0) is 20.8 Å². The first-order valence-corrected chi connectivity index (χ1v) is 4.31. The molecule has 0 radical (unpaired) electrons. The van der Waals surface area contributed by atoms with Crippen molar-refractivity contribution in [1.82, 2.24) is 4.84 Å². The second-order valence-corrected chi connectivity index (χ2v) is 4.60. The van der Waals surface area contributed by atoms with Gasteiger partial charge in [-0.2, -0.15) is 0 Å². The zero-order valence-electron chi connectivity index (χ0n) is 6.95. The third kappa shape index (κ3) is 4.36. The fraction of sp³-hybridized carbons (Fsp3) is 0.833. The van der Waals surface area contributed by atoms with E-state index < -0.39 is 16.0 Å². The molecule has 0 fully saturated rings. The predicted molar refractivity (Wildman–Crippen MR) is 49.3 cm³/mol. The van der Waals surface area contributed by atoms with Gasteiger partial charge in [0.2, 0.25) is 0 Å². The van der Waals surface area contributed by atoms with Crippen LogP contribution in [0.1, 0.15) is 20.8 Å². The van der Waals surface area contributed by atoms with Crippen LogP contribution in [0.25, 0.3) is 0 Å². The molecule has 0 aliphatic rings. The van der Waals surface area contributed by atoms with Crippen molar-refractivity contribution in [2.24, 2.45) is 0 Å². The molecule has 6 heteroatoms. The SMILES string of the molecule is CC(C)(C)OC(Cl)(Cl)C(=O)NCl. The Morgan fingerprint density at radius 3 is 2.00 bits per heavy atom. The number of hydrogen-bond donors (Lipinski definition) is 1. The molecule has 3 nitrogen and oxygen atoms in total. The van der Waals surface area contributed by atoms with Gasteiger partial charge in [0, 0.05) is 11.8 Å². The summed E-state index contributed by atoms with van der Waals surface area (Å²) < 4.78 is 3.07. The Labute approximate surface area is 86.4 Å². The maximum Gasteiger partial charge on any atom is 0.300 e. The van der Waals surface area contributed by atoms with E-state index in [1.165, 1.54) is 0 Å². The van der Waals surface area contributed by atoms with E-state index in [1.807, 2.05) is 0 Å². The lowest BCUT2D eigenvalue weighted by atomic mass is 10.2. The quantitative estimate of drug-likeness (QED) is 0.588. The van der Waals surface area contributed by atoms with Gasteiger partial charge < -0.3 is 4.74 Å². The maximum absolute atomic E-state index is 10.9. The molecule has 0 aliphatic carbocycles. The normalized spacial score (nSPS) is 12.8. The Kier molecular flexibility index (Phi) is 4.11. The second-order valence-electron chi connectivity index (χ2n) is 3.15. The second kappa shape index (κ2) is 4.01. The van der Waals surface area contributed by atoms with E-state index >= 15 is 0 Å². The van der Waals surface area contributed by atoms with E-state index in [2.05, 4.69) is 0 Å². The molecule has 0 heterocycles. The van der Waals surface area contributed by atoms with Gasteiger partial charge in [0.25, 0.3) is 10.4 Å². The molecule has 72 valence electrons. The Morgan fingerprint density at radius 2 is 1.75 bits per heavy atom. The summed E-state index contributed by atoms with van der Waals surface area (Å²) in [5.41, 5.74) is -0.618. The van der Waals surface area contributed by atoms with Gasteiger partial charge >= 0.3 is 0 Å². The van der Waals surface area contributed by atoms with E-state index in [-0.39, 0.29) is 0 Å². The van der Waals surface area contributed by atoms with Gasteiger partial charge in [0.05, 0.1) is 5.60 Å². The van der Waals surface area contributed by atoms with Crippen LogP contribution in [-0.2, 0) is 9.53 Å². The van der Waals surface area contributed by atoms with Crippen molar-refractivity contribution in [3.05, 3.63) is 0 Å². The number of rotatable bonds is 2. The summed E-state index contributed by atoms with van der Waals surface area (Å²) >= 11 is 16.1. The van der Waals surface area contributed by atoms with Crippen molar-refractivity contribution in [2.45, 2.75) is 30.9 Å². The fourth-order valence-corrected chi connectivity index (χ4v) is 1.27. The largest absolute Gasteiger partial charge is 0.333 e. The first kappa shape index (κ1) is 12.3. The smallest absolute Gasteiger partial charge is 0.300 e. The first-order chi connectivity index (χ1) is 5.19. The molecule has 0 unspecified atom stereocenters. The summed E-state index contributed by atoms with van der Waals surface area (Å²) in [5, 5.41) is 0. The number of carbonyl (C=O) groups is 1. The van der Waals surface area contributed by atoms with Crippen LogP contribution in [0.2, 0.25) is 0 Å². The standard InChI is InChI=1S/C6H10Cl3NO2/c1-5(2,3)12-6(7,8)4(11)10-9/h1-3H3,(H,10,11). The third-order valence-electron chi connectivity index (χ3n) is 0.785. The van der Waals surface area contributed by atoms with Gasteiger partial charge in [-0.1, -0.05) is 23.2 Å². The molecule has 0 aromatic heterocycles. The Balaban J connectivity index is 4.32. The first-order valence-electron chi connectivity index (χ1n) is 3.18. The average molecular weight is 235 g/mol. The monoisotopic (exact) mass is 233 g/mol. The topological polar surface area (TPSA) is 38.3 Å². The number of hydrogen-bond acceptors (Lipinski definition) is 2. The fourth-order valence-electron chi connectivity index (χ4n) is 0.486. The third-order valence-corrected chi connectivity index (χ3v) is 1.45. The molecule has 0 atom stereocenters. The van der Waals surface area contributed by atoms with Crippen LogP contribution in [0, 0.1) is 0 Å².